The molecular formula is C10H5ClFN2. The Kier molecular flexibility index (Phi) is 2.41. The molecular weight excluding hydrogens is 203 g/mol. The van der Waals surface area contributed by atoms with E-state index in [0.717, 1.165) is 0 Å². The Morgan fingerprint density at radius 3 is 2.86 bits per heavy atom. The van der Waals surface area contributed by atoms with Crippen LogP contribution < -0.4 is 0 Å². The van der Waals surface area contributed by atoms with E-state index in [1.807, 2.05) is 0 Å². The maximum atomic E-state index is 13.3. The van der Waals surface area contributed by atoms with Crippen molar-refractivity contribution in [3.05, 3.63) is 47.6 Å². The minimum atomic E-state index is -0.408. The van der Waals surface area contributed by atoms with Gasteiger partial charge in [-0.25, -0.2) is 4.39 Å². The molecule has 0 spiro atoms. The average Bonchev–Trinajstić information content (AvgIpc) is 2.20. The van der Waals surface area contributed by atoms with E-state index < -0.39 is 5.82 Å². The highest BCUT2D eigenvalue weighted by Gasteiger charge is 2.09. The first-order chi connectivity index (χ1) is 6.79. The van der Waals surface area contributed by atoms with Gasteiger partial charge in [0.05, 0.1) is 5.02 Å². The van der Waals surface area contributed by atoms with Crippen molar-refractivity contribution in [1.29, 1.82) is 0 Å². The van der Waals surface area contributed by atoms with Gasteiger partial charge in [0.25, 0.3) is 0 Å². The van der Waals surface area contributed by atoms with E-state index in [2.05, 4.69) is 16.2 Å². The van der Waals surface area contributed by atoms with E-state index in [4.69, 9.17) is 11.6 Å². The fraction of sp³-hybridized carbons (Fsp3) is 0. The number of pyridine rings is 2. The molecule has 0 saturated heterocycles. The summed E-state index contributed by atoms with van der Waals surface area (Å²) in [7, 11) is 0. The standard InChI is InChI=1S/C10H5ClFN2/c11-8-6-13-5-3-7(8)10-9(12)2-1-4-14-10/h1-5H. The molecule has 2 nitrogen and oxygen atoms in total. The summed E-state index contributed by atoms with van der Waals surface area (Å²) >= 11 is 5.81. The first-order valence-electron chi connectivity index (χ1n) is 3.92. The fourth-order valence-corrected chi connectivity index (χ4v) is 1.31. The van der Waals surface area contributed by atoms with Crippen LogP contribution in [0.2, 0.25) is 5.02 Å². The molecule has 0 saturated carbocycles. The molecule has 0 amide bonds. The molecule has 0 aliphatic rings. The second-order valence-corrected chi connectivity index (χ2v) is 3.00. The second-order valence-electron chi connectivity index (χ2n) is 2.62. The van der Waals surface area contributed by atoms with Crippen LogP contribution in [0.4, 0.5) is 4.39 Å². The monoisotopic (exact) mass is 207 g/mol. The van der Waals surface area contributed by atoms with Gasteiger partial charge in [0.2, 0.25) is 0 Å². The number of hydrogen-bond acceptors (Lipinski definition) is 2. The van der Waals surface area contributed by atoms with Crippen LogP contribution in [0.25, 0.3) is 11.3 Å². The summed E-state index contributed by atoms with van der Waals surface area (Å²) in [6.45, 7) is 0. The van der Waals surface area contributed by atoms with E-state index in [1.165, 1.54) is 24.5 Å². The number of aromatic nitrogens is 2. The second kappa shape index (κ2) is 3.72. The molecule has 0 aliphatic heterocycles. The summed E-state index contributed by atoms with van der Waals surface area (Å²) in [4.78, 5) is 7.60. The van der Waals surface area contributed by atoms with Crippen LogP contribution in [0.3, 0.4) is 0 Å². The van der Waals surface area contributed by atoms with Crippen LogP contribution in [0.5, 0.6) is 0 Å². The van der Waals surface area contributed by atoms with Crippen molar-refractivity contribution in [2.75, 3.05) is 0 Å². The Hall–Kier alpha value is -1.48. The predicted octanol–water partition coefficient (Wildman–Crippen LogP) is 2.74. The van der Waals surface area contributed by atoms with Crippen LogP contribution >= 0.6 is 11.6 Å². The number of halogens is 2. The maximum Gasteiger partial charge on any atom is 0.149 e. The van der Waals surface area contributed by atoms with Crippen molar-refractivity contribution in [2.45, 2.75) is 0 Å². The maximum absolute atomic E-state index is 13.3. The minimum Gasteiger partial charge on any atom is -0.253 e. The Labute approximate surface area is 85.4 Å². The van der Waals surface area contributed by atoms with Crippen LogP contribution in [0.15, 0.2) is 30.6 Å². The Balaban J connectivity index is 2.61. The lowest BCUT2D eigenvalue weighted by Gasteiger charge is -2.02. The van der Waals surface area contributed by atoms with Gasteiger partial charge in [0, 0.05) is 18.0 Å². The summed E-state index contributed by atoms with van der Waals surface area (Å²) in [6, 6.07) is 4.46. The largest absolute Gasteiger partial charge is 0.253 e. The van der Waals surface area contributed by atoms with Crippen LogP contribution in [-0.4, -0.2) is 9.97 Å². The van der Waals surface area contributed by atoms with E-state index >= 15 is 0 Å². The molecule has 0 unspecified atom stereocenters. The number of nitrogens with zero attached hydrogens (tertiary/aromatic N) is 2. The Bertz CT molecular complexity index is 416. The van der Waals surface area contributed by atoms with Crippen molar-refractivity contribution < 1.29 is 4.39 Å². The van der Waals surface area contributed by atoms with E-state index in [1.54, 1.807) is 6.07 Å². The number of rotatable bonds is 1. The number of hydrogen-bond donors (Lipinski definition) is 0. The van der Waals surface area contributed by atoms with Gasteiger partial charge < -0.3 is 0 Å². The molecule has 0 aromatic carbocycles. The van der Waals surface area contributed by atoms with Gasteiger partial charge in [0.1, 0.15) is 17.7 Å². The highest BCUT2D eigenvalue weighted by Crippen LogP contribution is 2.26. The van der Waals surface area contributed by atoms with Crippen molar-refractivity contribution in [1.82, 2.24) is 9.97 Å². The third-order valence-corrected chi connectivity index (χ3v) is 2.02. The van der Waals surface area contributed by atoms with Crippen LogP contribution in [0, 0.1) is 12.0 Å². The Morgan fingerprint density at radius 1 is 1.29 bits per heavy atom. The molecule has 2 heterocycles. The third kappa shape index (κ3) is 1.59. The molecule has 2 aromatic heterocycles. The van der Waals surface area contributed by atoms with Gasteiger partial charge in [-0.05, 0) is 18.2 Å². The third-order valence-electron chi connectivity index (χ3n) is 1.73. The summed E-state index contributed by atoms with van der Waals surface area (Å²) in [5.41, 5.74) is 0.718. The van der Waals surface area contributed by atoms with Crippen molar-refractivity contribution in [3.8, 4) is 11.3 Å². The van der Waals surface area contributed by atoms with E-state index in [-0.39, 0.29) is 10.7 Å². The molecule has 0 aliphatic carbocycles. The van der Waals surface area contributed by atoms with Gasteiger partial charge in [0.15, 0.2) is 0 Å². The van der Waals surface area contributed by atoms with Crippen LogP contribution in [-0.2, 0) is 0 Å². The highest BCUT2D eigenvalue weighted by molar-refractivity contribution is 6.32. The Morgan fingerprint density at radius 2 is 2.14 bits per heavy atom. The first kappa shape index (κ1) is 9.09. The lowest BCUT2D eigenvalue weighted by Crippen LogP contribution is -1.89. The topological polar surface area (TPSA) is 25.8 Å². The smallest absolute Gasteiger partial charge is 0.149 e. The molecule has 1 radical (unpaired) electrons. The molecule has 0 atom stereocenters. The molecule has 2 rings (SSSR count). The fourth-order valence-electron chi connectivity index (χ4n) is 1.11. The molecule has 69 valence electrons. The summed E-state index contributed by atoms with van der Waals surface area (Å²) < 4.78 is 13.3. The summed E-state index contributed by atoms with van der Waals surface area (Å²) in [5, 5.41) is 0.269. The van der Waals surface area contributed by atoms with Crippen molar-refractivity contribution in [3.63, 3.8) is 0 Å². The van der Waals surface area contributed by atoms with Crippen LogP contribution in [0.1, 0.15) is 0 Å². The predicted molar refractivity (Wildman–Crippen MR) is 51.3 cm³/mol. The summed E-state index contributed by atoms with van der Waals surface area (Å²) in [5.74, 6) is -0.408. The van der Waals surface area contributed by atoms with E-state index in [9.17, 15) is 4.39 Å². The molecule has 0 fully saturated rings. The highest BCUT2D eigenvalue weighted by atomic mass is 35.5. The molecule has 14 heavy (non-hydrogen) atoms. The van der Waals surface area contributed by atoms with E-state index in [0.29, 0.717) is 5.56 Å². The zero-order chi connectivity index (χ0) is 9.97. The molecule has 4 heteroatoms. The van der Waals surface area contributed by atoms with Gasteiger partial charge in [-0.2, -0.15) is 0 Å². The lowest BCUT2D eigenvalue weighted by atomic mass is 10.2. The van der Waals surface area contributed by atoms with Gasteiger partial charge in [-0.1, -0.05) is 11.6 Å². The van der Waals surface area contributed by atoms with Crippen molar-refractivity contribution in [2.24, 2.45) is 0 Å². The quantitative estimate of drug-likeness (QED) is 0.719. The van der Waals surface area contributed by atoms with Crippen molar-refractivity contribution >= 4 is 11.6 Å². The minimum absolute atomic E-state index is 0.219. The van der Waals surface area contributed by atoms with Gasteiger partial charge in [-0.15, -0.1) is 0 Å². The average molecular weight is 208 g/mol. The zero-order valence-electron chi connectivity index (χ0n) is 7.04. The zero-order valence-corrected chi connectivity index (χ0v) is 7.79. The first-order valence-corrected chi connectivity index (χ1v) is 4.30. The van der Waals surface area contributed by atoms with Gasteiger partial charge >= 0.3 is 0 Å². The lowest BCUT2D eigenvalue weighted by molar-refractivity contribution is 0.625. The SMILES string of the molecule is Fc1cccnc1-c1ccn[c]c1Cl. The normalized spacial score (nSPS) is 10.1. The molecule has 0 N–H and O–H groups in total. The summed E-state index contributed by atoms with van der Waals surface area (Å²) in [6.07, 6.45) is 5.54. The molecule has 2 aromatic rings. The van der Waals surface area contributed by atoms with Gasteiger partial charge in [-0.3, -0.25) is 9.97 Å². The molecule has 0 bridgehead atoms.